The number of carbonyl (C=O) groups is 1. The average molecular weight is 504 g/mol. The fourth-order valence-corrected chi connectivity index (χ4v) is 6.17. The highest BCUT2D eigenvalue weighted by molar-refractivity contribution is 5.95. The quantitative estimate of drug-likeness (QED) is 0.423. The molecular weight excluding hydrogens is 462 g/mol. The second-order valence-corrected chi connectivity index (χ2v) is 11.1. The Hall–Kier alpha value is -2.93. The third-order valence-electron chi connectivity index (χ3n) is 8.36. The number of hydrogen-bond acceptors (Lipinski definition) is 5. The number of anilines is 1. The summed E-state index contributed by atoms with van der Waals surface area (Å²) in [4.78, 5) is 24.9. The van der Waals surface area contributed by atoms with E-state index in [2.05, 4.69) is 29.9 Å². The number of aliphatic hydroxyl groups excluding tert-OH is 1. The number of benzene rings is 1. The van der Waals surface area contributed by atoms with Crippen molar-refractivity contribution in [1.29, 1.82) is 0 Å². The Morgan fingerprint density at radius 1 is 1.14 bits per heavy atom. The Morgan fingerprint density at radius 3 is 2.57 bits per heavy atom. The van der Waals surface area contributed by atoms with Crippen LogP contribution in [0.3, 0.4) is 0 Å². The molecule has 0 spiro atoms. The van der Waals surface area contributed by atoms with Gasteiger partial charge in [-0.3, -0.25) is 4.79 Å². The molecule has 1 atom stereocenters. The van der Waals surface area contributed by atoms with Gasteiger partial charge in [0.05, 0.1) is 6.10 Å². The number of hydrogen-bond donors (Lipinski definition) is 2. The first-order chi connectivity index (χ1) is 17.9. The number of piperidine rings is 1. The maximum Gasteiger partial charge on any atom is 0.254 e. The Balaban J connectivity index is 1.39. The molecule has 1 aromatic carbocycles. The predicted octanol–water partition coefficient (Wildman–Crippen LogP) is 5.84. The molecular formula is C30H41N5O2. The molecule has 198 valence electrons. The van der Waals surface area contributed by atoms with E-state index < -0.39 is 0 Å². The van der Waals surface area contributed by atoms with Gasteiger partial charge in [-0.05, 0) is 81.9 Å². The van der Waals surface area contributed by atoms with Crippen LogP contribution in [0.2, 0.25) is 0 Å². The van der Waals surface area contributed by atoms with Crippen LogP contribution in [-0.4, -0.2) is 55.7 Å². The van der Waals surface area contributed by atoms with E-state index in [4.69, 9.17) is 9.97 Å². The van der Waals surface area contributed by atoms with Gasteiger partial charge in [-0.1, -0.05) is 31.5 Å². The normalized spacial score (nSPS) is 21.8. The van der Waals surface area contributed by atoms with Crippen molar-refractivity contribution < 1.29 is 9.90 Å². The molecule has 1 aliphatic heterocycles. The first-order valence-electron chi connectivity index (χ1n) is 14.1. The number of fused-ring (bicyclic) bond motifs is 1. The standard InChI is InChI=1S/C30H41N5O2/c1-4-7-21(3)32-30-31-18-26-27(19-35(28(26)33-30)23-10-12-24(36)13-11-23)22-14-16-34(17-15-22)29(37)25-9-6-5-8-20(25)2/h5-6,8-9,18-19,21-24,36H,4,7,10-17H2,1-3H3,(H,31,32,33)/t21-,23?,24?/m0/s1. The van der Waals surface area contributed by atoms with Gasteiger partial charge in [-0.2, -0.15) is 4.98 Å². The van der Waals surface area contributed by atoms with Gasteiger partial charge in [-0.25, -0.2) is 4.98 Å². The maximum absolute atomic E-state index is 13.2. The molecule has 1 saturated heterocycles. The highest BCUT2D eigenvalue weighted by Gasteiger charge is 2.30. The molecule has 2 aliphatic rings. The van der Waals surface area contributed by atoms with E-state index in [0.717, 1.165) is 86.6 Å². The lowest BCUT2D eigenvalue weighted by atomic mass is 9.89. The Kier molecular flexibility index (Phi) is 7.79. The molecule has 2 fully saturated rings. The third-order valence-corrected chi connectivity index (χ3v) is 8.36. The molecule has 1 saturated carbocycles. The highest BCUT2D eigenvalue weighted by Crippen LogP contribution is 2.38. The van der Waals surface area contributed by atoms with Crippen LogP contribution in [0, 0.1) is 6.92 Å². The van der Waals surface area contributed by atoms with E-state index in [9.17, 15) is 9.90 Å². The molecule has 7 heteroatoms. The summed E-state index contributed by atoms with van der Waals surface area (Å²) in [6.45, 7) is 7.89. The van der Waals surface area contributed by atoms with Crippen molar-refractivity contribution in [2.45, 2.75) is 96.2 Å². The number of rotatable bonds is 7. The van der Waals surface area contributed by atoms with E-state index in [1.807, 2.05) is 42.3 Å². The summed E-state index contributed by atoms with van der Waals surface area (Å²) in [5, 5.41) is 14.7. The second-order valence-electron chi connectivity index (χ2n) is 11.1. The van der Waals surface area contributed by atoms with E-state index in [-0.39, 0.29) is 12.0 Å². The fraction of sp³-hybridized carbons (Fsp3) is 0.567. The summed E-state index contributed by atoms with van der Waals surface area (Å²) in [7, 11) is 0. The zero-order valence-corrected chi connectivity index (χ0v) is 22.5. The van der Waals surface area contributed by atoms with Gasteiger partial charge in [0.15, 0.2) is 0 Å². The van der Waals surface area contributed by atoms with Crippen LogP contribution in [0.25, 0.3) is 11.0 Å². The van der Waals surface area contributed by atoms with Crippen LogP contribution in [0.1, 0.15) is 98.7 Å². The van der Waals surface area contributed by atoms with E-state index in [1.54, 1.807) is 0 Å². The first kappa shape index (κ1) is 25.7. The number of nitrogens with zero attached hydrogens (tertiary/aromatic N) is 4. The van der Waals surface area contributed by atoms with E-state index in [1.165, 1.54) is 5.56 Å². The fourth-order valence-electron chi connectivity index (χ4n) is 6.17. The van der Waals surface area contributed by atoms with Crippen LogP contribution in [0.15, 0.2) is 36.7 Å². The van der Waals surface area contributed by atoms with Gasteiger partial charge >= 0.3 is 0 Å². The van der Waals surface area contributed by atoms with E-state index in [0.29, 0.717) is 23.9 Å². The largest absolute Gasteiger partial charge is 0.393 e. The Bertz CT molecular complexity index is 1220. The van der Waals surface area contributed by atoms with Gasteiger partial charge in [0, 0.05) is 48.5 Å². The van der Waals surface area contributed by atoms with Crippen LogP contribution >= 0.6 is 0 Å². The monoisotopic (exact) mass is 503 g/mol. The number of aliphatic hydroxyl groups is 1. The van der Waals surface area contributed by atoms with Gasteiger partial charge in [0.25, 0.3) is 5.91 Å². The molecule has 0 bridgehead atoms. The topological polar surface area (TPSA) is 83.3 Å². The van der Waals surface area contributed by atoms with Crippen molar-refractivity contribution in [1.82, 2.24) is 19.4 Å². The number of carbonyl (C=O) groups excluding carboxylic acids is 1. The summed E-state index contributed by atoms with van der Waals surface area (Å²) in [5.41, 5.74) is 4.14. The molecule has 0 radical (unpaired) electrons. The van der Waals surface area contributed by atoms with Gasteiger partial charge in [0.1, 0.15) is 5.65 Å². The molecule has 3 aromatic rings. The first-order valence-corrected chi connectivity index (χ1v) is 14.1. The zero-order chi connectivity index (χ0) is 25.9. The van der Waals surface area contributed by atoms with Crippen LogP contribution in [-0.2, 0) is 0 Å². The van der Waals surface area contributed by atoms with Gasteiger partial charge in [0.2, 0.25) is 5.95 Å². The summed E-state index contributed by atoms with van der Waals surface area (Å²) in [6.07, 6.45) is 11.8. The molecule has 0 unspecified atom stereocenters. The number of nitrogens with one attached hydrogen (secondary N) is 1. The zero-order valence-electron chi connectivity index (χ0n) is 22.5. The van der Waals surface area contributed by atoms with Crippen LogP contribution < -0.4 is 5.32 Å². The average Bonchev–Trinajstić information content (AvgIpc) is 3.28. The molecule has 7 nitrogen and oxygen atoms in total. The summed E-state index contributed by atoms with van der Waals surface area (Å²) >= 11 is 0. The van der Waals surface area contributed by atoms with Gasteiger partial charge in [-0.15, -0.1) is 0 Å². The second kappa shape index (κ2) is 11.2. The molecule has 5 rings (SSSR count). The lowest BCUT2D eigenvalue weighted by Crippen LogP contribution is -2.38. The number of aromatic nitrogens is 3. The SMILES string of the molecule is CCC[C@H](C)Nc1ncc2c(C3CCN(C(=O)c4ccccc4C)CC3)cn(C3CCC(O)CC3)c2n1. The van der Waals surface area contributed by atoms with Crippen molar-refractivity contribution >= 4 is 22.9 Å². The van der Waals surface area contributed by atoms with Crippen LogP contribution in [0.5, 0.6) is 0 Å². The van der Waals surface area contributed by atoms with Gasteiger partial charge < -0.3 is 19.9 Å². The molecule has 37 heavy (non-hydrogen) atoms. The lowest BCUT2D eigenvalue weighted by molar-refractivity contribution is 0.0712. The van der Waals surface area contributed by atoms with Crippen molar-refractivity contribution in [3.8, 4) is 0 Å². The summed E-state index contributed by atoms with van der Waals surface area (Å²) < 4.78 is 2.36. The van der Waals surface area contributed by atoms with Crippen molar-refractivity contribution in [3.05, 3.63) is 53.3 Å². The summed E-state index contributed by atoms with van der Waals surface area (Å²) in [5.74, 6) is 1.20. The smallest absolute Gasteiger partial charge is 0.254 e. The molecule has 2 N–H and O–H groups in total. The molecule has 2 aromatic heterocycles. The predicted molar refractivity (Wildman–Crippen MR) is 148 cm³/mol. The minimum absolute atomic E-state index is 0.139. The third kappa shape index (κ3) is 5.52. The number of likely N-dealkylation sites (tertiary alicyclic amines) is 1. The molecule has 1 aliphatic carbocycles. The maximum atomic E-state index is 13.2. The number of aryl methyl sites for hydroxylation is 1. The van der Waals surface area contributed by atoms with Crippen LogP contribution in [0.4, 0.5) is 5.95 Å². The highest BCUT2D eigenvalue weighted by atomic mass is 16.3. The minimum Gasteiger partial charge on any atom is -0.393 e. The lowest BCUT2D eigenvalue weighted by Gasteiger charge is -2.32. The molecule has 1 amide bonds. The van der Waals surface area contributed by atoms with E-state index >= 15 is 0 Å². The van der Waals surface area contributed by atoms with Crippen molar-refractivity contribution in [2.24, 2.45) is 0 Å². The minimum atomic E-state index is -0.186. The number of amides is 1. The van der Waals surface area contributed by atoms with Crippen molar-refractivity contribution in [2.75, 3.05) is 18.4 Å². The molecule has 3 heterocycles. The van der Waals surface area contributed by atoms with Crippen molar-refractivity contribution in [3.63, 3.8) is 0 Å². The Labute approximate surface area is 220 Å². The Morgan fingerprint density at radius 2 is 1.86 bits per heavy atom. The summed E-state index contributed by atoms with van der Waals surface area (Å²) in [6, 6.07) is 8.53.